The van der Waals surface area contributed by atoms with Crippen LogP contribution in [-0.2, 0) is 10.2 Å². The number of rotatable bonds is 7. The molecule has 1 saturated carbocycles. The van der Waals surface area contributed by atoms with Crippen LogP contribution in [0.1, 0.15) is 44.6 Å². The second-order valence-corrected chi connectivity index (χ2v) is 6.77. The molecule has 1 fully saturated rings. The Balaban J connectivity index is 0.00000312. The number of guanidine groups is 1. The maximum Gasteiger partial charge on any atom is 0.188 e. The summed E-state index contributed by atoms with van der Waals surface area (Å²) in [5.74, 6) is 1.39. The van der Waals surface area contributed by atoms with Crippen LogP contribution in [0.4, 0.5) is 0 Å². The van der Waals surface area contributed by atoms with E-state index in [4.69, 9.17) is 15.2 Å². The van der Waals surface area contributed by atoms with Crippen LogP contribution in [0.3, 0.4) is 0 Å². The van der Waals surface area contributed by atoms with Gasteiger partial charge in [0, 0.05) is 18.6 Å². The van der Waals surface area contributed by atoms with E-state index in [0.29, 0.717) is 12.6 Å². The van der Waals surface area contributed by atoms with Gasteiger partial charge in [0.2, 0.25) is 0 Å². The molecule has 3 N–H and O–H groups in total. The molecule has 0 heterocycles. The Hall–Kier alpha value is -1.02. The highest BCUT2D eigenvalue weighted by atomic mass is 127. The maximum atomic E-state index is 6.07. The molecule has 0 aliphatic heterocycles. The van der Waals surface area contributed by atoms with Gasteiger partial charge in [0.1, 0.15) is 5.75 Å². The van der Waals surface area contributed by atoms with Crippen molar-refractivity contribution in [3.8, 4) is 5.75 Å². The topological polar surface area (TPSA) is 68.9 Å². The lowest BCUT2D eigenvalue weighted by Gasteiger charge is -2.37. The van der Waals surface area contributed by atoms with Crippen molar-refractivity contribution >= 4 is 29.9 Å². The molecule has 1 unspecified atom stereocenters. The predicted octanol–water partition coefficient (Wildman–Crippen LogP) is 3.45. The van der Waals surface area contributed by atoms with Crippen molar-refractivity contribution in [2.75, 3.05) is 27.4 Å². The molecule has 1 aromatic rings. The third kappa shape index (κ3) is 6.33. The molecule has 5 nitrogen and oxygen atoms in total. The summed E-state index contributed by atoms with van der Waals surface area (Å²) >= 11 is 0. The molecule has 1 aliphatic rings. The van der Waals surface area contributed by atoms with Gasteiger partial charge < -0.3 is 20.5 Å². The van der Waals surface area contributed by atoms with Crippen LogP contribution in [0, 0.1) is 0 Å². The molecule has 0 aromatic heterocycles. The molecular formula is C19H32IN3O2. The Morgan fingerprint density at radius 1 is 1.20 bits per heavy atom. The highest BCUT2D eigenvalue weighted by molar-refractivity contribution is 14.0. The minimum absolute atomic E-state index is 0. The number of aliphatic imine (C=N–C) groups is 1. The number of nitrogens with two attached hydrogens (primary N) is 1. The summed E-state index contributed by atoms with van der Waals surface area (Å²) in [5.41, 5.74) is 7.49. The van der Waals surface area contributed by atoms with Gasteiger partial charge in [-0.25, -0.2) is 0 Å². The molecule has 0 saturated heterocycles. The first-order valence-corrected chi connectivity index (χ1v) is 8.79. The lowest BCUT2D eigenvalue weighted by molar-refractivity contribution is 0.179. The summed E-state index contributed by atoms with van der Waals surface area (Å²) in [6, 6.07) is 8.59. The van der Waals surface area contributed by atoms with E-state index in [1.165, 1.54) is 24.8 Å². The average Bonchev–Trinajstić information content (AvgIpc) is 2.61. The standard InChI is InChI=1S/C19H31N3O2.HI/c1-15(13-23-2)22-18(20)21-14-19(11-5-4-6-12-19)16-7-9-17(24-3)10-8-16;/h7-10,15H,4-6,11-14H2,1-3H3,(H3,20,21,22);1H. The fourth-order valence-corrected chi connectivity index (χ4v) is 3.54. The van der Waals surface area contributed by atoms with Gasteiger partial charge in [-0.2, -0.15) is 0 Å². The molecule has 0 spiro atoms. The molecule has 25 heavy (non-hydrogen) atoms. The molecule has 2 rings (SSSR count). The largest absolute Gasteiger partial charge is 0.497 e. The van der Waals surface area contributed by atoms with Crippen molar-refractivity contribution in [3.63, 3.8) is 0 Å². The van der Waals surface area contributed by atoms with E-state index in [1.807, 2.05) is 19.1 Å². The van der Waals surface area contributed by atoms with Crippen LogP contribution in [-0.4, -0.2) is 39.4 Å². The molecule has 0 bridgehead atoms. The SMILES string of the molecule is COCC(C)NC(N)=NCC1(c2ccc(OC)cc2)CCCCC1.I. The number of ether oxygens (including phenoxy) is 2. The Morgan fingerprint density at radius 3 is 2.40 bits per heavy atom. The number of methoxy groups -OCH3 is 2. The van der Waals surface area contributed by atoms with Crippen molar-refractivity contribution in [3.05, 3.63) is 29.8 Å². The van der Waals surface area contributed by atoms with E-state index in [1.54, 1.807) is 14.2 Å². The summed E-state index contributed by atoms with van der Waals surface area (Å²) < 4.78 is 10.4. The molecule has 142 valence electrons. The second kappa shape index (κ2) is 10.9. The summed E-state index contributed by atoms with van der Waals surface area (Å²) in [4.78, 5) is 4.66. The van der Waals surface area contributed by atoms with Gasteiger partial charge in [0.15, 0.2) is 5.96 Å². The third-order valence-electron chi connectivity index (χ3n) is 4.88. The second-order valence-electron chi connectivity index (χ2n) is 6.77. The van der Waals surface area contributed by atoms with Gasteiger partial charge in [-0.15, -0.1) is 24.0 Å². The van der Waals surface area contributed by atoms with E-state index < -0.39 is 0 Å². The van der Waals surface area contributed by atoms with E-state index >= 15 is 0 Å². The monoisotopic (exact) mass is 461 g/mol. The Labute approximate surface area is 168 Å². The first-order chi connectivity index (χ1) is 11.6. The lowest BCUT2D eigenvalue weighted by atomic mass is 9.69. The number of hydrogen-bond acceptors (Lipinski definition) is 3. The van der Waals surface area contributed by atoms with Crippen molar-refractivity contribution in [2.24, 2.45) is 10.7 Å². The zero-order valence-electron chi connectivity index (χ0n) is 15.6. The fraction of sp³-hybridized carbons (Fsp3) is 0.632. The van der Waals surface area contributed by atoms with Crippen LogP contribution in [0.2, 0.25) is 0 Å². The summed E-state index contributed by atoms with van der Waals surface area (Å²) in [7, 11) is 3.38. The first kappa shape index (κ1) is 22.0. The third-order valence-corrected chi connectivity index (χ3v) is 4.88. The van der Waals surface area contributed by atoms with Gasteiger partial charge >= 0.3 is 0 Å². The van der Waals surface area contributed by atoms with E-state index in [2.05, 4.69) is 22.4 Å². The van der Waals surface area contributed by atoms with Crippen LogP contribution in [0.25, 0.3) is 0 Å². The highest BCUT2D eigenvalue weighted by Crippen LogP contribution is 2.40. The molecule has 1 aliphatic carbocycles. The van der Waals surface area contributed by atoms with Crippen LogP contribution in [0.15, 0.2) is 29.3 Å². The van der Waals surface area contributed by atoms with Crippen LogP contribution in [0.5, 0.6) is 5.75 Å². The number of nitrogens with one attached hydrogen (secondary N) is 1. The average molecular weight is 461 g/mol. The molecule has 6 heteroatoms. The zero-order valence-corrected chi connectivity index (χ0v) is 17.9. The predicted molar refractivity (Wildman–Crippen MR) is 114 cm³/mol. The van der Waals surface area contributed by atoms with Gasteiger partial charge in [-0.05, 0) is 37.5 Å². The number of halogens is 1. The minimum atomic E-state index is 0. The lowest BCUT2D eigenvalue weighted by Crippen LogP contribution is -2.42. The summed E-state index contributed by atoms with van der Waals surface area (Å²) in [6.07, 6.45) is 6.11. The van der Waals surface area contributed by atoms with Gasteiger partial charge in [-0.3, -0.25) is 4.99 Å². The first-order valence-electron chi connectivity index (χ1n) is 8.79. The molecule has 0 amide bonds. The smallest absolute Gasteiger partial charge is 0.188 e. The Bertz CT molecular complexity index is 528. The highest BCUT2D eigenvalue weighted by Gasteiger charge is 2.33. The van der Waals surface area contributed by atoms with Crippen LogP contribution >= 0.6 is 24.0 Å². The maximum absolute atomic E-state index is 6.07. The summed E-state index contributed by atoms with van der Waals surface area (Å²) in [6.45, 7) is 3.36. The minimum Gasteiger partial charge on any atom is -0.497 e. The number of nitrogens with zero attached hydrogens (tertiary/aromatic N) is 1. The van der Waals surface area contributed by atoms with Crippen molar-refractivity contribution in [1.29, 1.82) is 0 Å². The quantitative estimate of drug-likeness (QED) is 0.371. The van der Waals surface area contributed by atoms with Crippen molar-refractivity contribution < 1.29 is 9.47 Å². The normalized spacial score (nSPS) is 18.1. The molecule has 1 aromatic carbocycles. The Kier molecular flexibility index (Phi) is 9.56. The van der Waals surface area contributed by atoms with Crippen molar-refractivity contribution in [1.82, 2.24) is 5.32 Å². The van der Waals surface area contributed by atoms with Gasteiger partial charge in [0.05, 0.1) is 20.3 Å². The zero-order chi connectivity index (χ0) is 17.4. The van der Waals surface area contributed by atoms with Gasteiger partial charge in [0.25, 0.3) is 0 Å². The van der Waals surface area contributed by atoms with Gasteiger partial charge in [-0.1, -0.05) is 31.4 Å². The molecular weight excluding hydrogens is 429 g/mol. The summed E-state index contributed by atoms with van der Waals surface area (Å²) in [5, 5.41) is 3.19. The van der Waals surface area contributed by atoms with E-state index in [0.717, 1.165) is 25.1 Å². The van der Waals surface area contributed by atoms with E-state index in [-0.39, 0.29) is 35.4 Å². The van der Waals surface area contributed by atoms with Crippen molar-refractivity contribution in [2.45, 2.75) is 50.5 Å². The molecule has 1 atom stereocenters. The molecule has 0 radical (unpaired) electrons. The Morgan fingerprint density at radius 2 is 1.84 bits per heavy atom. The van der Waals surface area contributed by atoms with E-state index in [9.17, 15) is 0 Å². The fourth-order valence-electron chi connectivity index (χ4n) is 3.54. The van der Waals surface area contributed by atoms with Crippen LogP contribution < -0.4 is 15.8 Å². The number of hydrogen-bond donors (Lipinski definition) is 2. The number of benzene rings is 1.